The summed E-state index contributed by atoms with van der Waals surface area (Å²) in [5.74, 6) is 0.112. The molecule has 1 aliphatic rings. The molecule has 0 bridgehead atoms. The molecule has 0 spiro atoms. The van der Waals surface area contributed by atoms with Crippen LogP contribution >= 0.6 is 27.5 Å². The van der Waals surface area contributed by atoms with Gasteiger partial charge in [0.25, 0.3) is 0 Å². The molecule has 6 heteroatoms. The molecule has 110 valence electrons. The van der Waals surface area contributed by atoms with Crippen molar-refractivity contribution in [2.45, 2.75) is 24.9 Å². The molecule has 2 rings (SSSR count). The van der Waals surface area contributed by atoms with Gasteiger partial charge >= 0.3 is 0 Å². The van der Waals surface area contributed by atoms with E-state index in [1.165, 1.54) is 0 Å². The monoisotopic (exact) mass is 360 g/mol. The molecule has 1 aromatic rings. The first kappa shape index (κ1) is 15.8. The van der Waals surface area contributed by atoms with E-state index in [0.717, 1.165) is 10.0 Å². The molecular formula is C14H18BrClN2O2. The molecular weight excluding hydrogens is 344 g/mol. The average Bonchev–Trinajstić information content (AvgIpc) is 2.42. The quantitative estimate of drug-likeness (QED) is 0.897. The Kier molecular flexibility index (Phi) is 5.43. The molecule has 1 saturated heterocycles. The van der Waals surface area contributed by atoms with E-state index in [1.807, 2.05) is 18.2 Å². The number of likely N-dealkylation sites (tertiary alicyclic amines) is 1. The van der Waals surface area contributed by atoms with Crippen molar-refractivity contribution in [1.82, 2.24) is 4.90 Å². The molecule has 4 nitrogen and oxygen atoms in total. The highest BCUT2D eigenvalue weighted by Crippen LogP contribution is 2.36. The van der Waals surface area contributed by atoms with Gasteiger partial charge in [-0.25, -0.2) is 0 Å². The first-order valence-electron chi connectivity index (χ1n) is 6.53. The summed E-state index contributed by atoms with van der Waals surface area (Å²) in [4.78, 5) is 14.0. The number of rotatable bonds is 4. The zero-order valence-electron chi connectivity index (χ0n) is 11.3. The number of carbonyl (C=O) groups is 1. The Morgan fingerprint density at radius 3 is 3.00 bits per heavy atom. The Morgan fingerprint density at radius 1 is 1.55 bits per heavy atom. The highest BCUT2D eigenvalue weighted by Gasteiger charge is 2.35. The van der Waals surface area contributed by atoms with Crippen molar-refractivity contribution in [3.05, 3.63) is 33.3 Å². The third kappa shape index (κ3) is 3.34. The number of amides is 1. The number of hydrogen-bond donors (Lipinski definition) is 1. The number of ether oxygens (including phenoxy) is 1. The second-order valence-electron chi connectivity index (χ2n) is 4.89. The van der Waals surface area contributed by atoms with E-state index >= 15 is 0 Å². The summed E-state index contributed by atoms with van der Waals surface area (Å²) in [5.41, 5.74) is 7.21. The summed E-state index contributed by atoms with van der Waals surface area (Å²) < 4.78 is 6.01. The van der Waals surface area contributed by atoms with Gasteiger partial charge in [-0.05, 0) is 30.2 Å². The molecule has 1 heterocycles. The summed E-state index contributed by atoms with van der Waals surface area (Å²) in [6.45, 7) is 1.03. The van der Waals surface area contributed by atoms with E-state index in [9.17, 15) is 4.79 Å². The second-order valence-corrected chi connectivity index (χ2v) is 6.18. The van der Waals surface area contributed by atoms with Crippen LogP contribution in [0.3, 0.4) is 0 Å². The van der Waals surface area contributed by atoms with Crippen molar-refractivity contribution < 1.29 is 9.53 Å². The van der Waals surface area contributed by atoms with Crippen LogP contribution in [-0.2, 0) is 9.53 Å². The molecule has 1 aromatic carbocycles. The number of nitrogens with zero attached hydrogens (tertiary/aromatic N) is 1. The van der Waals surface area contributed by atoms with Crippen molar-refractivity contribution in [1.29, 1.82) is 0 Å². The van der Waals surface area contributed by atoms with Gasteiger partial charge in [-0.1, -0.05) is 27.5 Å². The molecule has 20 heavy (non-hydrogen) atoms. The van der Waals surface area contributed by atoms with Crippen LogP contribution in [0.1, 0.15) is 24.4 Å². The van der Waals surface area contributed by atoms with Gasteiger partial charge < -0.3 is 15.4 Å². The van der Waals surface area contributed by atoms with Crippen LogP contribution < -0.4 is 5.73 Å². The van der Waals surface area contributed by atoms with E-state index in [2.05, 4.69) is 15.9 Å². The van der Waals surface area contributed by atoms with Gasteiger partial charge in [0.05, 0.1) is 12.6 Å². The Balaban J connectivity index is 2.36. The van der Waals surface area contributed by atoms with Crippen molar-refractivity contribution >= 4 is 33.4 Å². The maximum Gasteiger partial charge on any atom is 0.223 e. The van der Waals surface area contributed by atoms with E-state index in [-0.39, 0.29) is 18.0 Å². The van der Waals surface area contributed by atoms with Gasteiger partial charge in [0.1, 0.15) is 0 Å². The van der Waals surface area contributed by atoms with Crippen LogP contribution in [0, 0.1) is 0 Å². The van der Waals surface area contributed by atoms with Gasteiger partial charge in [0, 0.05) is 35.6 Å². The highest BCUT2D eigenvalue weighted by molar-refractivity contribution is 9.10. The zero-order chi connectivity index (χ0) is 14.7. The van der Waals surface area contributed by atoms with Crippen LogP contribution in [-0.4, -0.2) is 37.1 Å². The van der Waals surface area contributed by atoms with E-state index in [4.69, 9.17) is 22.1 Å². The Hall–Kier alpha value is -0.620. The first-order valence-corrected chi connectivity index (χ1v) is 7.70. The first-order chi connectivity index (χ1) is 9.54. The third-order valence-corrected chi connectivity index (χ3v) is 4.52. The SMILES string of the molecule is COCCN1C(=O)CCC(N)C1c1cc(Cl)ccc1Br. The predicted molar refractivity (Wildman–Crippen MR) is 82.7 cm³/mol. The van der Waals surface area contributed by atoms with E-state index in [1.54, 1.807) is 12.0 Å². The van der Waals surface area contributed by atoms with Gasteiger partial charge in [-0.2, -0.15) is 0 Å². The molecule has 1 amide bonds. The number of piperidine rings is 1. The van der Waals surface area contributed by atoms with E-state index in [0.29, 0.717) is 31.0 Å². The minimum absolute atomic E-state index is 0.0978. The Labute approximate surface area is 132 Å². The number of methoxy groups -OCH3 is 1. The average molecular weight is 362 g/mol. The molecule has 0 saturated carbocycles. The zero-order valence-corrected chi connectivity index (χ0v) is 13.7. The fourth-order valence-electron chi connectivity index (χ4n) is 2.57. The van der Waals surface area contributed by atoms with Crippen molar-refractivity contribution in [3.8, 4) is 0 Å². The molecule has 0 aliphatic carbocycles. The summed E-state index contributed by atoms with van der Waals surface area (Å²) in [5, 5.41) is 0.639. The summed E-state index contributed by atoms with van der Waals surface area (Å²) in [6.07, 6.45) is 1.17. The third-order valence-electron chi connectivity index (χ3n) is 3.57. The van der Waals surface area contributed by atoms with Gasteiger partial charge in [-0.3, -0.25) is 4.79 Å². The normalized spacial score (nSPS) is 23.2. The van der Waals surface area contributed by atoms with Crippen LogP contribution in [0.5, 0.6) is 0 Å². The Morgan fingerprint density at radius 2 is 2.30 bits per heavy atom. The molecule has 1 fully saturated rings. The standard InChI is InChI=1S/C14H18BrClN2O2/c1-20-7-6-18-13(19)5-4-12(17)14(18)10-8-9(16)2-3-11(10)15/h2-3,8,12,14H,4-7,17H2,1H3. The molecule has 1 aliphatic heterocycles. The lowest BCUT2D eigenvalue weighted by Gasteiger charge is -2.40. The number of carbonyl (C=O) groups excluding carboxylic acids is 1. The molecule has 2 unspecified atom stereocenters. The van der Waals surface area contributed by atoms with Gasteiger partial charge in [-0.15, -0.1) is 0 Å². The lowest BCUT2D eigenvalue weighted by Crippen LogP contribution is -2.50. The maximum atomic E-state index is 12.2. The molecule has 2 atom stereocenters. The van der Waals surface area contributed by atoms with E-state index < -0.39 is 0 Å². The minimum Gasteiger partial charge on any atom is -0.383 e. The predicted octanol–water partition coefficient (Wildman–Crippen LogP) is 2.74. The minimum atomic E-state index is -0.167. The number of halogens is 2. The van der Waals surface area contributed by atoms with Crippen molar-refractivity contribution in [2.24, 2.45) is 5.73 Å². The van der Waals surface area contributed by atoms with Gasteiger partial charge in [0.2, 0.25) is 5.91 Å². The van der Waals surface area contributed by atoms with Crippen molar-refractivity contribution in [2.75, 3.05) is 20.3 Å². The van der Waals surface area contributed by atoms with Crippen LogP contribution in [0.4, 0.5) is 0 Å². The second kappa shape index (κ2) is 6.89. The van der Waals surface area contributed by atoms with Crippen LogP contribution in [0.15, 0.2) is 22.7 Å². The van der Waals surface area contributed by atoms with Crippen LogP contribution in [0.25, 0.3) is 0 Å². The summed E-state index contributed by atoms with van der Waals surface area (Å²) in [6, 6.07) is 5.30. The maximum absolute atomic E-state index is 12.2. The largest absolute Gasteiger partial charge is 0.383 e. The fraction of sp³-hybridized carbons (Fsp3) is 0.500. The van der Waals surface area contributed by atoms with Gasteiger partial charge in [0.15, 0.2) is 0 Å². The number of nitrogens with two attached hydrogens (primary N) is 1. The van der Waals surface area contributed by atoms with Crippen molar-refractivity contribution in [3.63, 3.8) is 0 Å². The molecule has 0 aromatic heterocycles. The fourth-order valence-corrected chi connectivity index (χ4v) is 3.23. The lowest BCUT2D eigenvalue weighted by atomic mass is 9.90. The highest BCUT2D eigenvalue weighted by atomic mass is 79.9. The summed E-state index contributed by atoms with van der Waals surface area (Å²) >= 11 is 9.61. The summed E-state index contributed by atoms with van der Waals surface area (Å²) in [7, 11) is 1.62. The smallest absolute Gasteiger partial charge is 0.223 e. The lowest BCUT2D eigenvalue weighted by molar-refractivity contribution is -0.138. The van der Waals surface area contributed by atoms with Crippen LogP contribution in [0.2, 0.25) is 5.02 Å². The molecule has 2 N–H and O–H groups in total. The molecule has 0 radical (unpaired) electrons. The Bertz CT molecular complexity index is 498. The number of benzene rings is 1. The number of hydrogen-bond acceptors (Lipinski definition) is 3. The topological polar surface area (TPSA) is 55.6 Å².